The smallest absolute Gasteiger partial charge is 0.181 e. The topological polar surface area (TPSA) is 41.3 Å². The van der Waals surface area contributed by atoms with E-state index in [-0.39, 0.29) is 5.54 Å². The van der Waals surface area contributed by atoms with E-state index >= 15 is 0 Å². The molecule has 1 atom stereocenters. The van der Waals surface area contributed by atoms with E-state index in [0.717, 1.165) is 24.2 Å². The van der Waals surface area contributed by atoms with Crippen molar-refractivity contribution >= 4 is 11.1 Å². The fourth-order valence-corrected chi connectivity index (χ4v) is 2.85. The van der Waals surface area contributed by atoms with E-state index in [1.807, 2.05) is 6.07 Å². The molecule has 2 heterocycles. The van der Waals surface area contributed by atoms with Crippen LogP contribution in [0.1, 0.15) is 25.8 Å². The minimum Gasteiger partial charge on any atom is -0.443 e. The monoisotopic (exact) mass is 259 g/mol. The van der Waals surface area contributed by atoms with Crippen LogP contribution in [0.3, 0.4) is 0 Å². The molecule has 1 unspecified atom stereocenters. The van der Waals surface area contributed by atoms with E-state index in [0.29, 0.717) is 6.04 Å². The highest BCUT2D eigenvalue weighted by Gasteiger charge is 2.32. The van der Waals surface area contributed by atoms with Gasteiger partial charge >= 0.3 is 0 Å². The molecule has 4 heteroatoms. The van der Waals surface area contributed by atoms with Crippen molar-refractivity contribution in [3.8, 4) is 0 Å². The third kappa shape index (κ3) is 2.65. The number of likely N-dealkylation sites (N-methyl/N-ethyl adjacent to an activating group) is 1. The fraction of sp³-hybridized carbons (Fsp3) is 0.533. The molecule has 0 amide bonds. The molecule has 1 saturated heterocycles. The lowest BCUT2D eigenvalue weighted by atomic mass is 10.0. The zero-order valence-electron chi connectivity index (χ0n) is 11.8. The van der Waals surface area contributed by atoms with Crippen molar-refractivity contribution in [3.63, 3.8) is 0 Å². The average Bonchev–Trinajstić information content (AvgIpc) is 2.94. The van der Waals surface area contributed by atoms with Gasteiger partial charge in [-0.1, -0.05) is 6.07 Å². The predicted octanol–water partition coefficient (Wildman–Crippen LogP) is 2.40. The number of nitrogens with one attached hydrogen (secondary N) is 1. The van der Waals surface area contributed by atoms with Crippen LogP contribution in [0, 0.1) is 0 Å². The van der Waals surface area contributed by atoms with Crippen LogP contribution >= 0.6 is 0 Å². The van der Waals surface area contributed by atoms with E-state index in [4.69, 9.17) is 4.42 Å². The molecule has 0 saturated carbocycles. The Kier molecular flexibility index (Phi) is 3.07. The highest BCUT2D eigenvalue weighted by molar-refractivity contribution is 5.72. The minimum absolute atomic E-state index is 0.258. The summed E-state index contributed by atoms with van der Waals surface area (Å²) in [6.07, 6.45) is 2.69. The molecule has 2 aromatic rings. The fourth-order valence-electron chi connectivity index (χ4n) is 2.85. The normalized spacial score (nSPS) is 22.4. The van der Waals surface area contributed by atoms with Crippen molar-refractivity contribution in [2.45, 2.75) is 38.4 Å². The van der Waals surface area contributed by atoms with Gasteiger partial charge in [-0.05, 0) is 45.0 Å². The Labute approximate surface area is 113 Å². The van der Waals surface area contributed by atoms with Gasteiger partial charge in [0.2, 0.25) is 0 Å². The van der Waals surface area contributed by atoms with Crippen molar-refractivity contribution in [2.24, 2.45) is 0 Å². The standard InChI is InChI=1S/C15H21N3O/c1-15(2)7-12(8-17-15)18(3)9-11-4-5-13-14(6-11)19-10-16-13/h4-6,10,12,17H,7-9H2,1-3H3. The predicted molar refractivity (Wildman–Crippen MR) is 76.0 cm³/mol. The van der Waals surface area contributed by atoms with Crippen LogP contribution < -0.4 is 5.32 Å². The number of hydrogen-bond donors (Lipinski definition) is 1. The molecule has 19 heavy (non-hydrogen) atoms. The molecule has 0 radical (unpaired) electrons. The molecule has 1 aliphatic rings. The first-order chi connectivity index (χ1) is 9.03. The van der Waals surface area contributed by atoms with E-state index in [1.165, 1.54) is 18.4 Å². The first kappa shape index (κ1) is 12.6. The van der Waals surface area contributed by atoms with Crippen molar-refractivity contribution in [1.29, 1.82) is 0 Å². The second-order valence-electron chi connectivity index (χ2n) is 6.19. The van der Waals surface area contributed by atoms with Crippen LogP contribution in [-0.4, -0.2) is 35.1 Å². The molecule has 1 aliphatic heterocycles. The second-order valence-corrected chi connectivity index (χ2v) is 6.19. The third-order valence-corrected chi connectivity index (χ3v) is 4.01. The van der Waals surface area contributed by atoms with Gasteiger partial charge in [0, 0.05) is 24.7 Å². The molecule has 102 valence electrons. The quantitative estimate of drug-likeness (QED) is 0.919. The minimum atomic E-state index is 0.258. The summed E-state index contributed by atoms with van der Waals surface area (Å²) in [5.41, 5.74) is 3.33. The molecule has 3 rings (SSSR count). The van der Waals surface area contributed by atoms with Gasteiger partial charge in [-0.25, -0.2) is 4.98 Å². The number of oxazole rings is 1. The van der Waals surface area contributed by atoms with E-state index in [1.54, 1.807) is 0 Å². The summed E-state index contributed by atoms with van der Waals surface area (Å²) in [6, 6.07) is 6.85. The Bertz CT molecular complexity index is 576. The molecule has 1 fully saturated rings. The van der Waals surface area contributed by atoms with Crippen molar-refractivity contribution < 1.29 is 4.42 Å². The molecule has 4 nitrogen and oxygen atoms in total. The molecule has 0 aliphatic carbocycles. The largest absolute Gasteiger partial charge is 0.443 e. The van der Waals surface area contributed by atoms with Crippen molar-refractivity contribution in [3.05, 3.63) is 30.2 Å². The maximum atomic E-state index is 5.36. The first-order valence-corrected chi connectivity index (χ1v) is 6.81. The van der Waals surface area contributed by atoms with Crippen LogP contribution in [0.15, 0.2) is 29.0 Å². The van der Waals surface area contributed by atoms with Crippen LogP contribution in [0.5, 0.6) is 0 Å². The number of aromatic nitrogens is 1. The van der Waals surface area contributed by atoms with E-state index < -0.39 is 0 Å². The second kappa shape index (κ2) is 4.62. The summed E-state index contributed by atoms with van der Waals surface area (Å²) < 4.78 is 5.36. The number of fused-ring (bicyclic) bond motifs is 1. The zero-order chi connectivity index (χ0) is 13.5. The molecule has 0 spiro atoms. The zero-order valence-corrected chi connectivity index (χ0v) is 11.8. The lowest BCUT2D eigenvalue weighted by Gasteiger charge is -2.25. The van der Waals surface area contributed by atoms with Gasteiger partial charge < -0.3 is 9.73 Å². The lowest BCUT2D eigenvalue weighted by molar-refractivity contribution is 0.240. The molecule has 0 bridgehead atoms. The van der Waals surface area contributed by atoms with Gasteiger partial charge in [0.15, 0.2) is 12.0 Å². The highest BCUT2D eigenvalue weighted by atomic mass is 16.3. The highest BCUT2D eigenvalue weighted by Crippen LogP contribution is 2.23. The van der Waals surface area contributed by atoms with Gasteiger partial charge in [0.05, 0.1) is 0 Å². The summed E-state index contributed by atoms with van der Waals surface area (Å²) in [6.45, 7) is 6.54. The summed E-state index contributed by atoms with van der Waals surface area (Å²) in [7, 11) is 2.19. The van der Waals surface area contributed by atoms with Crippen LogP contribution in [-0.2, 0) is 6.54 Å². The van der Waals surface area contributed by atoms with Crippen molar-refractivity contribution in [1.82, 2.24) is 15.2 Å². The molecule has 1 aromatic heterocycles. The number of benzene rings is 1. The van der Waals surface area contributed by atoms with Crippen LogP contribution in [0.2, 0.25) is 0 Å². The van der Waals surface area contributed by atoms with Gasteiger partial charge in [0.25, 0.3) is 0 Å². The number of nitrogens with zero attached hydrogens (tertiary/aromatic N) is 2. The average molecular weight is 259 g/mol. The number of hydrogen-bond acceptors (Lipinski definition) is 4. The third-order valence-electron chi connectivity index (χ3n) is 4.01. The molecular formula is C15H21N3O. The Hall–Kier alpha value is -1.39. The van der Waals surface area contributed by atoms with E-state index in [9.17, 15) is 0 Å². The SMILES string of the molecule is CN(Cc1ccc2ncoc2c1)C1CNC(C)(C)C1. The molecule has 1 aromatic carbocycles. The first-order valence-electron chi connectivity index (χ1n) is 6.81. The Morgan fingerprint density at radius 2 is 2.32 bits per heavy atom. The lowest BCUT2D eigenvalue weighted by Crippen LogP contribution is -2.32. The Balaban J connectivity index is 1.70. The van der Waals surface area contributed by atoms with Crippen LogP contribution in [0.25, 0.3) is 11.1 Å². The van der Waals surface area contributed by atoms with Gasteiger partial charge in [-0.15, -0.1) is 0 Å². The summed E-state index contributed by atoms with van der Waals surface area (Å²) in [5, 5.41) is 3.57. The maximum Gasteiger partial charge on any atom is 0.181 e. The summed E-state index contributed by atoms with van der Waals surface area (Å²) in [4.78, 5) is 6.56. The Morgan fingerprint density at radius 3 is 3.05 bits per heavy atom. The van der Waals surface area contributed by atoms with Crippen molar-refractivity contribution in [2.75, 3.05) is 13.6 Å². The molecule has 1 N–H and O–H groups in total. The summed E-state index contributed by atoms with van der Waals surface area (Å²) >= 11 is 0. The Morgan fingerprint density at radius 1 is 1.47 bits per heavy atom. The van der Waals surface area contributed by atoms with Gasteiger partial charge in [-0.2, -0.15) is 0 Å². The maximum absolute atomic E-state index is 5.36. The van der Waals surface area contributed by atoms with E-state index in [2.05, 4.69) is 48.2 Å². The number of rotatable bonds is 3. The van der Waals surface area contributed by atoms with Gasteiger partial charge in [0.1, 0.15) is 5.52 Å². The molecular weight excluding hydrogens is 238 g/mol. The summed E-state index contributed by atoms with van der Waals surface area (Å²) in [5.74, 6) is 0. The van der Waals surface area contributed by atoms with Crippen LogP contribution in [0.4, 0.5) is 0 Å². The van der Waals surface area contributed by atoms with Gasteiger partial charge in [-0.3, -0.25) is 4.90 Å².